The molecule has 22 heavy (non-hydrogen) atoms. The summed E-state index contributed by atoms with van der Waals surface area (Å²) in [5, 5.41) is 11.6. The number of H-pyrrole nitrogens is 1. The number of ether oxygens (including phenoxy) is 1. The van der Waals surface area contributed by atoms with Crippen molar-refractivity contribution in [1.82, 2.24) is 15.3 Å². The van der Waals surface area contributed by atoms with E-state index in [1.165, 1.54) is 6.33 Å². The number of aromatic carboxylic acids is 1. The van der Waals surface area contributed by atoms with Crippen molar-refractivity contribution in [3.05, 3.63) is 47.5 Å². The summed E-state index contributed by atoms with van der Waals surface area (Å²) < 4.78 is 5.82. The van der Waals surface area contributed by atoms with Crippen LogP contribution in [-0.4, -0.2) is 39.6 Å². The predicted molar refractivity (Wildman–Crippen MR) is 77.1 cm³/mol. The highest BCUT2D eigenvalue weighted by Gasteiger charge is 2.23. The van der Waals surface area contributed by atoms with Crippen LogP contribution in [0.3, 0.4) is 0 Å². The molecular weight excluding hydrogens is 286 g/mol. The molecule has 0 saturated carbocycles. The van der Waals surface area contributed by atoms with E-state index in [1.807, 2.05) is 24.3 Å². The van der Waals surface area contributed by atoms with E-state index in [0.29, 0.717) is 6.54 Å². The Hall–Kier alpha value is -2.83. The highest BCUT2D eigenvalue weighted by Crippen LogP contribution is 2.26. The number of hydrogen-bond donors (Lipinski definition) is 3. The van der Waals surface area contributed by atoms with Crippen molar-refractivity contribution in [2.24, 2.45) is 0 Å². The Bertz CT molecular complexity index is 710. The summed E-state index contributed by atoms with van der Waals surface area (Å²) in [6.45, 7) is 0.305. The fourth-order valence-corrected chi connectivity index (χ4v) is 2.44. The van der Waals surface area contributed by atoms with Gasteiger partial charge < -0.3 is 20.1 Å². The molecule has 1 aliphatic rings. The van der Waals surface area contributed by atoms with Gasteiger partial charge in [0.2, 0.25) is 0 Å². The molecule has 0 unspecified atom stereocenters. The average Bonchev–Trinajstić information content (AvgIpc) is 3.02. The molecule has 114 valence electrons. The Balaban J connectivity index is 1.60. The van der Waals surface area contributed by atoms with E-state index >= 15 is 0 Å². The van der Waals surface area contributed by atoms with Gasteiger partial charge in [-0.25, -0.2) is 9.78 Å². The lowest BCUT2D eigenvalue weighted by Gasteiger charge is -2.26. The first kappa shape index (κ1) is 14.1. The average molecular weight is 301 g/mol. The molecule has 2 heterocycles. The second-order valence-corrected chi connectivity index (χ2v) is 5.03. The third-order valence-electron chi connectivity index (χ3n) is 3.56. The molecular formula is C15H15N3O4. The van der Waals surface area contributed by atoms with Crippen molar-refractivity contribution < 1.29 is 19.4 Å². The molecule has 0 radical (unpaired) electrons. The summed E-state index contributed by atoms with van der Waals surface area (Å²) in [6.07, 6.45) is 2.74. The monoisotopic (exact) mass is 301 g/mol. The normalized spacial score (nSPS) is 16.5. The predicted octanol–water partition coefficient (Wildman–Crippen LogP) is 1.23. The summed E-state index contributed by atoms with van der Waals surface area (Å²) in [5.41, 5.74) is 0.821. The van der Waals surface area contributed by atoms with E-state index in [0.717, 1.165) is 24.2 Å². The van der Waals surface area contributed by atoms with Crippen LogP contribution in [-0.2, 0) is 6.42 Å². The van der Waals surface area contributed by atoms with Gasteiger partial charge in [0.25, 0.3) is 5.91 Å². The Morgan fingerprint density at radius 3 is 3.05 bits per heavy atom. The second-order valence-electron chi connectivity index (χ2n) is 5.03. The molecule has 7 nitrogen and oxygen atoms in total. The van der Waals surface area contributed by atoms with Crippen molar-refractivity contribution in [1.29, 1.82) is 0 Å². The van der Waals surface area contributed by atoms with Crippen LogP contribution in [0.4, 0.5) is 0 Å². The number of amides is 1. The number of fused-ring (bicyclic) bond motifs is 1. The second kappa shape index (κ2) is 5.88. The maximum Gasteiger partial charge on any atom is 0.354 e. The maximum absolute atomic E-state index is 12.0. The molecule has 0 aliphatic carbocycles. The number of carboxylic acids is 1. The molecule has 1 amide bonds. The van der Waals surface area contributed by atoms with Gasteiger partial charge in [-0.1, -0.05) is 18.2 Å². The number of rotatable bonds is 4. The van der Waals surface area contributed by atoms with E-state index in [9.17, 15) is 9.59 Å². The van der Waals surface area contributed by atoms with E-state index in [4.69, 9.17) is 9.84 Å². The van der Waals surface area contributed by atoms with Gasteiger partial charge in [-0.2, -0.15) is 0 Å². The van der Waals surface area contributed by atoms with Crippen molar-refractivity contribution in [3.8, 4) is 5.75 Å². The van der Waals surface area contributed by atoms with E-state index in [-0.39, 0.29) is 17.5 Å². The van der Waals surface area contributed by atoms with Crippen LogP contribution in [0.2, 0.25) is 0 Å². The van der Waals surface area contributed by atoms with Crippen molar-refractivity contribution in [2.75, 3.05) is 6.54 Å². The van der Waals surface area contributed by atoms with E-state index < -0.39 is 11.9 Å². The molecule has 0 fully saturated rings. The number of nitrogens with one attached hydrogen (secondary N) is 2. The van der Waals surface area contributed by atoms with Crippen molar-refractivity contribution >= 4 is 11.9 Å². The number of aromatic nitrogens is 2. The minimum atomic E-state index is -1.22. The number of nitrogens with zero attached hydrogens (tertiary/aromatic N) is 1. The Labute approximate surface area is 126 Å². The van der Waals surface area contributed by atoms with Crippen LogP contribution >= 0.6 is 0 Å². The van der Waals surface area contributed by atoms with Gasteiger partial charge in [0.15, 0.2) is 11.4 Å². The molecule has 1 aliphatic heterocycles. The highest BCUT2D eigenvalue weighted by molar-refractivity contribution is 6.02. The third kappa shape index (κ3) is 2.78. The van der Waals surface area contributed by atoms with E-state index in [1.54, 1.807) is 0 Å². The van der Waals surface area contributed by atoms with Crippen LogP contribution in [0.5, 0.6) is 5.75 Å². The van der Waals surface area contributed by atoms with Crippen LogP contribution in [0.15, 0.2) is 30.6 Å². The molecule has 1 aromatic carbocycles. The third-order valence-corrected chi connectivity index (χ3v) is 3.56. The Kier molecular flexibility index (Phi) is 3.78. The molecule has 2 aromatic rings. The fourth-order valence-electron chi connectivity index (χ4n) is 2.44. The van der Waals surface area contributed by atoms with Gasteiger partial charge in [0.1, 0.15) is 11.9 Å². The fraction of sp³-hybridized carbons (Fsp3) is 0.267. The smallest absolute Gasteiger partial charge is 0.354 e. The van der Waals surface area contributed by atoms with Gasteiger partial charge in [0, 0.05) is 0 Å². The number of benzene rings is 1. The summed E-state index contributed by atoms with van der Waals surface area (Å²) >= 11 is 0. The first-order valence-corrected chi connectivity index (χ1v) is 6.94. The number of carbonyl (C=O) groups excluding carboxylic acids is 1. The topological polar surface area (TPSA) is 104 Å². The lowest BCUT2D eigenvalue weighted by molar-refractivity contribution is 0.0684. The van der Waals surface area contributed by atoms with Gasteiger partial charge in [-0.15, -0.1) is 0 Å². The van der Waals surface area contributed by atoms with Crippen molar-refractivity contribution in [2.45, 2.75) is 18.9 Å². The number of carbonyl (C=O) groups is 2. The number of para-hydroxylation sites is 1. The molecule has 7 heteroatoms. The van der Waals surface area contributed by atoms with Crippen LogP contribution < -0.4 is 10.1 Å². The van der Waals surface area contributed by atoms with Gasteiger partial charge >= 0.3 is 5.97 Å². The number of imidazole rings is 1. The Morgan fingerprint density at radius 2 is 2.23 bits per heavy atom. The maximum atomic E-state index is 12.0. The molecule has 1 atom stereocenters. The van der Waals surface area contributed by atoms with Crippen molar-refractivity contribution in [3.63, 3.8) is 0 Å². The molecule has 0 saturated heterocycles. The zero-order chi connectivity index (χ0) is 15.5. The minimum absolute atomic E-state index is 0.122. The standard InChI is InChI=1S/C15H15N3O4/c19-14(12-13(15(20)21)18-8-17-12)16-7-10-6-5-9-3-1-2-4-11(9)22-10/h1-4,8,10H,5-7H2,(H,16,19)(H,17,18)(H,20,21)/t10-/m1/s1. The largest absolute Gasteiger partial charge is 0.488 e. The number of carboxylic acid groups (broad SMARTS) is 1. The minimum Gasteiger partial charge on any atom is -0.488 e. The summed E-state index contributed by atoms with van der Waals surface area (Å²) in [5.74, 6) is -0.911. The summed E-state index contributed by atoms with van der Waals surface area (Å²) in [7, 11) is 0. The summed E-state index contributed by atoms with van der Waals surface area (Å²) in [6, 6.07) is 7.80. The summed E-state index contributed by atoms with van der Waals surface area (Å²) in [4.78, 5) is 29.1. The lowest BCUT2D eigenvalue weighted by atomic mass is 10.0. The lowest BCUT2D eigenvalue weighted by Crippen LogP contribution is -2.37. The Morgan fingerprint density at radius 1 is 1.41 bits per heavy atom. The van der Waals surface area contributed by atoms with E-state index in [2.05, 4.69) is 15.3 Å². The molecule has 1 aromatic heterocycles. The molecule has 3 N–H and O–H groups in total. The number of hydrogen-bond acceptors (Lipinski definition) is 4. The molecule has 0 spiro atoms. The zero-order valence-corrected chi connectivity index (χ0v) is 11.7. The van der Waals surface area contributed by atoms with Crippen LogP contribution in [0.1, 0.15) is 33.0 Å². The number of aromatic amines is 1. The zero-order valence-electron chi connectivity index (χ0n) is 11.7. The molecule has 0 bridgehead atoms. The van der Waals surface area contributed by atoms with Crippen LogP contribution in [0, 0.1) is 0 Å². The quantitative estimate of drug-likeness (QED) is 0.788. The SMILES string of the molecule is O=C(NC[C@H]1CCc2ccccc2O1)c1nc[nH]c1C(=O)O. The van der Waals surface area contributed by atoms with Crippen LogP contribution in [0.25, 0.3) is 0 Å². The van der Waals surface area contributed by atoms with Gasteiger partial charge in [-0.3, -0.25) is 4.79 Å². The first-order valence-electron chi connectivity index (χ1n) is 6.94. The number of aryl methyl sites for hydroxylation is 1. The first-order chi connectivity index (χ1) is 10.6. The highest BCUT2D eigenvalue weighted by atomic mass is 16.5. The van der Waals surface area contributed by atoms with Gasteiger partial charge in [0.05, 0.1) is 12.9 Å². The molecule has 3 rings (SSSR count). The van der Waals surface area contributed by atoms with Gasteiger partial charge in [-0.05, 0) is 24.5 Å².